The monoisotopic (exact) mass is 444 g/mol. The van der Waals surface area contributed by atoms with E-state index < -0.39 is 10.0 Å². The molecule has 1 saturated heterocycles. The van der Waals surface area contributed by atoms with Crippen molar-refractivity contribution >= 4 is 38.6 Å². The highest BCUT2D eigenvalue weighted by molar-refractivity contribution is 14.1. The molecule has 1 aromatic carbocycles. The van der Waals surface area contributed by atoms with Crippen LogP contribution in [0.3, 0.4) is 0 Å². The van der Waals surface area contributed by atoms with E-state index in [0.29, 0.717) is 11.6 Å². The summed E-state index contributed by atoms with van der Waals surface area (Å²) in [5, 5.41) is 0. The average molecular weight is 444 g/mol. The van der Waals surface area contributed by atoms with Gasteiger partial charge in [0, 0.05) is 22.9 Å². The number of sulfonamides is 1. The van der Waals surface area contributed by atoms with Gasteiger partial charge in [-0.2, -0.15) is 0 Å². The molecule has 0 bridgehead atoms. The van der Waals surface area contributed by atoms with Crippen LogP contribution in [0.4, 0.5) is 5.95 Å². The van der Waals surface area contributed by atoms with Gasteiger partial charge in [0.05, 0.1) is 17.1 Å². The van der Waals surface area contributed by atoms with Gasteiger partial charge in [-0.3, -0.25) is 0 Å². The molecule has 23 heavy (non-hydrogen) atoms. The second kappa shape index (κ2) is 7.10. The Balaban J connectivity index is 1.70. The molecule has 122 valence electrons. The summed E-state index contributed by atoms with van der Waals surface area (Å²) in [7, 11) is -3.53. The molecule has 1 aliphatic rings. The number of anilines is 1. The number of hydrogen-bond acceptors (Lipinski definition) is 5. The Labute approximate surface area is 149 Å². The second-order valence-electron chi connectivity index (χ2n) is 5.32. The van der Waals surface area contributed by atoms with Crippen LogP contribution in [-0.2, 0) is 16.6 Å². The minimum absolute atomic E-state index is 0.150. The van der Waals surface area contributed by atoms with Crippen LogP contribution in [0.2, 0.25) is 0 Å². The van der Waals surface area contributed by atoms with Crippen molar-refractivity contribution in [2.24, 2.45) is 0 Å². The van der Waals surface area contributed by atoms with E-state index in [1.54, 1.807) is 36.5 Å². The van der Waals surface area contributed by atoms with Crippen LogP contribution in [0.1, 0.15) is 18.5 Å². The highest BCUT2D eigenvalue weighted by Crippen LogP contribution is 2.16. The highest BCUT2D eigenvalue weighted by Gasteiger charge is 2.17. The Bertz CT molecular complexity index is 774. The molecule has 1 aliphatic heterocycles. The van der Waals surface area contributed by atoms with E-state index in [-0.39, 0.29) is 11.4 Å². The minimum Gasteiger partial charge on any atom is -0.341 e. The van der Waals surface area contributed by atoms with Crippen molar-refractivity contribution in [2.45, 2.75) is 24.3 Å². The van der Waals surface area contributed by atoms with E-state index in [1.807, 2.05) is 0 Å². The summed E-state index contributed by atoms with van der Waals surface area (Å²) < 4.78 is 28.2. The fourth-order valence-corrected chi connectivity index (χ4v) is 3.78. The largest absolute Gasteiger partial charge is 0.341 e. The van der Waals surface area contributed by atoms with Crippen molar-refractivity contribution in [3.8, 4) is 0 Å². The summed E-state index contributed by atoms with van der Waals surface area (Å²) in [6.45, 7) is 2.06. The molecule has 0 atom stereocenters. The first-order valence-electron chi connectivity index (χ1n) is 7.37. The second-order valence-corrected chi connectivity index (χ2v) is 8.33. The van der Waals surface area contributed by atoms with Gasteiger partial charge in [-0.1, -0.05) is 0 Å². The van der Waals surface area contributed by atoms with Crippen LogP contribution >= 0.6 is 22.6 Å². The summed E-state index contributed by atoms with van der Waals surface area (Å²) in [6, 6.07) is 8.46. The van der Waals surface area contributed by atoms with Crippen LogP contribution in [-0.4, -0.2) is 31.5 Å². The van der Waals surface area contributed by atoms with Crippen molar-refractivity contribution in [3.63, 3.8) is 0 Å². The zero-order valence-electron chi connectivity index (χ0n) is 12.4. The van der Waals surface area contributed by atoms with Gasteiger partial charge in [-0.05, 0) is 65.8 Å². The molecule has 6 nitrogen and oxygen atoms in total. The number of halogens is 1. The SMILES string of the molecule is O=S(=O)(NCc1ccnc(N2CCCC2)n1)c1ccc(I)cc1. The maximum absolute atomic E-state index is 12.3. The number of hydrogen-bond donors (Lipinski definition) is 1. The van der Waals surface area contributed by atoms with Crippen LogP contribution in [0, 0.1) is 3.57 Å². The average Bonchev–Trinajstić information content (AvgIpc) is 3.08. The van der Waals surface area contributed by atoms with Crippen molar-refractivity contribution in [3.05, 3.63) is 45.8 Å². The third-order valence-electron chi connectivity index (χ3n) is 3.66. The molecular weight excluding hydrogens is 427 g/mol. The predicted molar refractivity (Wildman–Crippen MR) is 96.7 cm³/mol. The summed E-state index contributed by atoms with van der Waals surface area (Å²) in [5.74, 6) is 0.675. The molecule has 0 saturated carbocycles. The lowest BCUT2D eigenvalue weighted by molar-refractivity contribution is 0.580. The van der Waals surface area contributed by atoms with E-state index in [1.165, 1.54) is 0 Å². The maximum Gasteiger partial charge on any atom is 0.240 e. The predicted octanol–water partition coefficient (Wildman–Crippen LogP) is 2.16. The van der Waals surface area contributed by atoms with Crippen molar-refractivity contribution in [1.82, 2.24) is 14.7 Å². The number of rotatable bonds is 5. The molecule has 1 fully saturated rings. The molecule has 8 heteroatoms. The Morgan fingerprint density at radius 1 is 1.13 bits per heavy atom. The molecule has 0 spiro atoms. The first-order chi connectivity index (χ1) is 11.0. The fraction of sp³-hybridized carbons (Fsp3) is 0.333. The van der Waals surface area contributed by atoms with E-state index in [4.69, 9.17) is 0 Å². The third-order valence-corrected chi connectivity index (χ3v) is 5.79. The molecule has 1 aromatic heterocycles. The van der Waals surface area contributed by atoms with Gasteiger partial charge in [-0.25, -0.2) is 23.1 Å². The van der Waals surface area contributed by atoms with Crippen molar-refractivity contribution < 1.29 is 8.42 Å². The lowest BCUT2D eigenvalue weighted by atomic mass is 10.4. The molecule has 2 aromatic rings. The van der Waals surface area contributed by atoms with Gasteiger partial charge in [0.15, 0.2) is 0 Å². The van der Waals surface area contributed by atoms with Crippen LogP contribution in [0.5, 0.6) is 0 Å². The number of benzene rings is 1. The Hall–Kier alpha value is -1.26. The summed E-state index contributed by atoms with van der Waals surface area (Å²) in [5.41, 5.74) is 0.663. The first kappa shape index (κ1) is 16.6. The van der Waals surface area contributed by atoms with E-state index in [0.717, 1.165) is 29.5 Å². The van der Waals surface area contributed by atoms with E-state index in [2.05, 4.69) is 42.2 Å². The fourth-order valence-electron chi connectivity index (χ4n) is 2.42. The van der Waals surface area contributed by atoms with Crippen LogP contribution in [0.15, 0.2) is 41.4 Å². The summed E-state index contributed by atoms with van der Waals surface area (Å²) in [6.07, 6.45) is 3.97. The molecule has 0 aliphatic carbocycles. The third kappa shape index (κ3) is 4.18. The maximum atomic E-state index is 12.3. The lowest BCUT2D eigenvalue weighted by Gasteiger charge is -2.15. The van der Waals surface area contributed by atoms with Gasteiger partial charge in [0.2, 0.25) is 16.0 Å². The number of aromatic nitrogens is 2. The van der Waals surface area contributed by atoms with E-state index in [9.17, 15) is 8.42 Å². The smallest absolute Gasteiger partial charge is 0.240 e. The highest BCUT2D eigenvalue weighted by atomic mass is 127. The lowest BCUT2D eigenvalue weighted by Crippen LogP contribution is -2.25. The molecule has 1 N–H and O–H groups in total. The van der Waals surface area contributed by atoms with E-state index >= 15 is 0 Å². The summed E-state index contributed by atoms with van der Waals surface area (Å²) >= 11 is 2.14. The molecule has 0 amide bonds. The van der Waals surface area contributed by atoms with Gasteiger partial charge >= 0.3 is 0 Å². The molecule has 0 unspecified atom stereocenters. The molecule has 3 rings (SSSR count). The van der Waals surface area contributed by atoms with Crippen molar-refractivity contribution in [1.29, 1.82) is 0 Å². The first-order valence-corrected chi connectivity index (χ1v) is 9.93. The standard InChI is InChI=1S/C15H17IN4O2S/c16-12-3-5-14(6-4-12)23(21,22)18-11-13-7-8-17-15(19-13)20-9-1-2-10-20/h3-8,18H,1-2,9-11H2. The zero-order chi connectivity index (χ0) is 16.3. The Kier molecular flexibility index (Phi) is 5.12. The van der Waals surface area contributed by atoms with Gasteiger partial charge in [0.1, 0.15) is 0 Å². The number of nitrogens with one attached hydrogen (secondary N) is 1. The molecular formula is C15H17IN4O2S. The quantitative estimate of drug-likeness (QED) is 0.716. The van der Waals surface area contributed by atoms with Gasteiger partial charge in [0.25, 0.3) is 0 Å². The minimum atomic E-state index is -3.53. The Morgan fingerprint density at radius 3 is 2.52 bits per heavy atom. The van der Waals surface area contributed by atoms with Crippen molar-refractivity contribution in [2.75, 3.05) is 18.0 Å². The van der Waals surface area contributed by atoms with Crippen LogP contribution in [0.25, 0.3) is 0 Å². The van der Waals surface area contributed by atoms with Crippen LogP contribution < -0.4 is 9.62 Å². The molecule has 2 heterocycles. The van der Waals surface area contributed by atoms with Gasteiger partial charge in [-0.15, -0.1) is 0 Å². The molecule has 0 radical (unpaired) electrons. The zero-order valence-corrected chi connectivity index (χ0v) is 15.4. The normalized spacial score (nSPS) is 15.1. The number of nitrogens with zero attached hydrogens (tertiary/aromatic N) is 3. The topological polar surface area (TPSA) is 75.2 Å². The van der Waals surface area contributed by atoms with Gasteiger partial charge < -0.3 is 4.90 Å². The summed E-state index contributed by atoms with van der Waals surface area (Å²) in [4.78, 5) is 11.1. The Morgan fingerprint density at radius 2 is 1.83 bits per heavy atom.